The maximum atomic E-state index is 10.7. The second-order valence-electron chi connectivity index (χ2n) is 3.97. The van der Waals surface area contributed by atoms with E-state index in [-0.39, 0.29) is 11.1 Å². The number of benzene rings is 1. The summed E-state index contributed by atoms with van der Waals surface area (Å²) in [6.45, 7) is 3.26. The van der Waals surface area contributed by atoms with Crippen molar-refractivity contribution < 1.29 is 36.2 Å². The highest BCUT2D eigenvalue weighted by Gasteiger charge is 2.19. The zero-order valence-corrected chi connectivity index (χ0v) is 14.6. The average Bonchev–Trinajstić information content (AvgIpc) is 2.35. The third kappa shape index (κ3) is 9.27. The summed E-state index contributed by atoms with van der Waals surface area (Å²) < 4.78 is 56.1. The van der Waals surface area contributed by atoms with E-state index in [0.717, 1.165) is 0 Å². The van der Waals surface area contributed by atoms with Gasteiger partial charge in [0.1, 0.15) is 0 Å². The normalized spacial score (nSPS) is 15.7. The average molecular weight is 371 g/mol. The van der Waals surface area contributed by atoms with Gasteiger partial charge in [0.15, 0.2) is 0 Å². The van der Waals surface area contributed by atoms with Gasteiger partial charge in [-0.1, -0.05) is 34.9 Å². The summed E-state index contributed by atoms with van der Waals surface area (Å²) in [5, 5.41) is 0. The first-order valence-corrected chi connectivity index (χ1v) is 10.3. The lowest BCUT2D eigenvalue weighted by atomic mass is 10.2. The predicted octanol–water partition coefficient (Wildman–Crippen LogP) is 2.26. The number of aryl methyl sites for hydroxylation is 1. The highest BCUT2D eigenvalue weighted by atomic mass is 32.2. The van der Waals surface area contributed by atoms with Gasteiger partial charge in [-0.2, -0.15) is 8.42 Å². The Morgan fingerprint density at radius 1 is 1.36 bits per heavy atom. The lowest BCUT2D eigenvalue weighted by Gasteiger charge is -2.05. The highest BCUT2D eigenvalue weighted by molar-refractivity contribution is 7.85. The van der Waals surface area contributed by atoms with Crippen molar-refractivity contribution in [3.05, 3.63) is 42.0 Å². The van der Waals surface area contributed by atoms with Gasteiger partial charge in [0.05, 0.1) is 11.1 Å². The molecule has 2 N–H and O–H groups in total. The van der Waals surface area contributed by atoms with Crippen LogP contribution in [-0.4, -0.2) is 24.4 Å². The Balaban J connectivity index is 0.000000401. The number of allylic oxidation sites excluding steroid dienone is 2. The quantitative estimate of drug-likeness (QED) is 0.598. The van der Waals surface area contributed by atoms with Crippen molar-refractivity contribution in [1.29, 1.82) is 0 Å². The molecular weight excluding hydrogens is 354 g/mol. The summed E-state index contributed by atoms with van der Waals surface area (Å²) in [5.74, 6) is 0. The Morgan fingerprint density at radius 3 is 2.27 bits per heavy atom. The van der Waals surface area contributed by atoms with E-state index in [4.69, 9.17) is 9.79 Å². The van der Waals surface area contributed by atoms with Crippen LogP contribution in [0.3, 0.4) is 0 Å². The van der Waals surface area contributed by atoms with Gasteiger partial charge in [-0.05, 0) is 25.5 Å². The molecule has 0 aliphatic rings. The van der Waals surface area contributed by atoms with E-state index >= 15 is 0 Å². The third-order valence-corrected chi connectivity index (χ3v) is 5.59. The molecule has 1 rings (SSSR count). The van der Waals surface area contributed by atoms with E-state index < -0.39 is 26.0 Å². The fourth-order valence-corrected chi connectivity index (χ4v) is 3.69. The fraction of sp³-hybridized carbons (Fsp3) is 0.273. The monoisotopic (exact) mass is 371 g/mol. The summed E-state index contributed by atoms with van der Waals surface area (Å²) >= 11 is 0. The van der Waals surface area contributed by atoms with Crippen LogP contribution in [0.15, 0.2) is 41.3 Å². The second kappa shape index (κ2) is 9.37. The summed E-state index contributed by atoms with van der Waals surface area (Å²) in [4.78, 5) is 16.8. The van der Waals surface area contributed by atoms with Crippen LogP contribution in [0.2, 0.25) is 0 Å². The van der Waals surface area contributed by atoms with Crippen LogP contribution in [0.4, 0.5) is 0 Å². The van der Waals surface area contributed by atoms with Gasteiger partial charge < -0.3 is 9.79 Å². The lowest BCUT2D eigenvalue weighted by Crippen LogP contribution is -1.97. The maximum absolute atomic E-state index is 10.7. The Hall–Kier alpha value is -0.790. The van der Waals surface area contributed by atoms with Crippen LogP contribution < -0.4 is 0 Å². The standard InChI is InChI=1S/C7H7O3S.C4H10O5P2/c1-6-4-2-3-5-7(6)11(8,9)10;1-2-3-4-11(7,8)9-10(5)6/h2-5H,1H3;2-3,10H,4H2,1H3,(H,5,6)(H,7,8). The summed E-state index contributed by atoms with van der Waals surface area (Å²) in [6, 6.07) is 6.10. The molecule has 8 nitrogen and oxygen atoms in total. The molecule has 11 heteroatoms. The topological polar surface area (TPSA) is 138 Å². The van der Waals surface area contributed by atoms with E-state index in [1.807, 2.05) is 0 Å². The first-order valence-electron chi connectivity index (χ1n) is 5.86. The summed E-state index contributed by atoms with van der Waals surface area (Å²) in [6.07, 6.45) is 2.72. The molecule has 22 heavy (non-hydrogen) atoms. The van der Waals surface area contributed by atoms with Gasteiger partial charge in [-0.25, -0.2) is 4.31 Å². The molecule has 0 aliphatic carbocycles. The van der Waals surface area contributed by atoms with Crippen molar-refractivity contribution in [2.75, 3.05) is 6.16 Å². The molecule has 0 aliphatic heterocycles. The minimum atomic E-state index is -4.28. The first-order chi connectivity index (χ1) is 9.99. The van der Waals surface area contributed by atoms with Crippen molar-refractivity contribution >= 4 is 26.0 Å². The Bertz CT molecular complexity index is 683. The molecule has 0 saturated carbocycles. The van der Waals surface area contributed by atoms with Gasteiger partial charge in [0, 0.05) is 0 Å². The van der Waals surface area contributed by atoms with Crippen LogP contribution >= 0.6 is 15.9 Å². The molecule has 125 valence electrons. The van der Waals surface area contributed by atoms with E-state index in [0.29, 0.717) is 5.56 Å². The van der Waals surface area contributed by atoms with E-state index in [2.05, 4.69) is 4.31 Å². The smallest absolute Gasteiger partial charge is 0.326 e. The van der Waals surface area contributed by atoms with E-state index in [9.17, 15) is 22.1 Å². The SMILES string of the molecule is CC=CCP(=O)(O)O[PH](=O)O.Cc1ccccc1S([O])(=O)=O. The van der Waals surface area contributed by atoms with Gasteiger partial charge >= 0.3 is 26.0 Å². The van der Waals surface area contributed by atoms with Gasteiger partial charge in [-0.15, -0.1) is 0 Å². The molecule has 0 amide bonds. The molecule has 2 atom stereocenters. The number of hydrogen-bond donors (Lipinski definition) is 2. The zero-order valence-electron chi connectivity index (χ0n) is 11.9. The molecule has 1 radical (unpaired) electrons. The fourth-order valence-electron chi connectivity index (χ4n) is 1.23. The maximum Gasteiger partial charge on any atom is 0.338 e. The highest BCUT2D eigenvalue weighted by Crippen LogP contribution is 2.49. The van der Waals surface area contributed by atoms with Crippen LogP contribution in [-0.2, 0) is 28.1 Å². The molecule has 1 aromatic rings. The molecule has 0 saturated heterocycles. The molecule has 0 spiro atoms. The van der Waals surface area contributed by atoms with Crippen LogP contribution in [0.5, 0.6) is 0 Å². The minimum absolute atomic E-state index is 0.139. The third-order valence-electron chi connectivity index (χ3n) is 2.16. The number of rotatable bonds is 5. The van der Waals surface area contributed by atoms with Crippen LogP contribution in [0.1, 0.15) is 12.5 Å². The van der Waals surface area contributed by atoms with Gasteiger partial charge in [0.25, 0.3) is 0 Å². The molecule has 1 aromatic carbocycles. The van der Waals surface area contributed by atoms with Crippen molar-refractivity contribution in [3.8, 4) is 0 Å². The molecule has 2 unspecified atom stereocenters. The minimum Gasteiger partial charge on any atom is -0.326 e. The lowest BCUT2D eigenvalue weighted by molar-refractivity contribution is 0.352. The zero-order chi connectivity index (χ0) is 17.4. The first kappa shape index (κ1) is 21.2. The van der Waals surface area contributed by atoms with Crippen molar-refractivity contribution in [2.45, 2.75) is 18.7 Å². The Morgan fingerprint density at radius 2 is 1.91 bits per heavy atom. The van der Waals surface area contributed by atoms with E-state index in [1.54, 1.807) is 32.1 Å². The van der Waals surface area contributed by atoms with E-state index in [1.165, 1.54) is 18.2 Å². The van der Waals surface area contributed by atoms with Crippen molar-refractivity contribution in [2.24, 2.45) is 0 Å². The van der Waals surface area contributed by atoms with Gasteiger partial charge in [0.2, 0.25) is 0 Å². The summed E-state index contributed by atoms with van der Waals surface area (Å²) in [7, 11) is -11.5. The Kier molecular flexibility index (Phi) is 9.04. The van der Waals surface area contributed by atoms with Crippen molar-refractivity contribution in [1.82, 2.24) is 0 Å². The molecular formula is C11H17O8P2S. The predicted molar refractivity (Wildman–Crippen MR) is 80.9 cm³/mol. The second-order valence-corrected chi connectivity index (χ2v) is 8.22. The molecule has 0 fully saturated rings. The molecule has 0 heterocycles. The summed E-state index contributed by atoms with van der Waals surface area (Å²) in [5.41, 5.74) is 0.488. The number of hydrogen-bond acceptors (Lipinski definition) is 5. The largest absolute Gasteiger partial charge is 0.338 e. The van der Waals surface area contributed by atoms with Crippen LogP contribution in [0.25, 0.3) is 0 Å². The Labute approximate surface area is 129 Å². The molecule has 0 aromatic heterocycles. The van der Waals surface area contributed by atoms with Crippen LogP contribution in [0, 0.1) is 6.92 Å². The van der Waals surface area contributed by atoms with Crippen molar-refractivity contribution in [3.63, 3.8) is 0 Å². The van der Waals surface area contributed by atoms with Gasteiger partial charge in [-0.3, -0.25) is 9.13 Å². The molecule has 0 bridgehead atoms.